The number of aromatic carboxylic acids is 1. The van der Waals surface area contributed by atoms with Gasteiger partial charge in [0.2, 0.25) is 11.8 Å². The average molecular weight is 268 g/mol. The first-order valence-electron chi connectivity index (χ1n) is 5.87. The molecule has 2 amide bonds. The lowest BCUT2D eigenvalue weighted by Crippen LogP contribution is -2.37. The van der Waals surface area contributed by atoms with Crippen LogP contribution in [0.15, 0.2) is 16.7 Å². The van der Waals surface area contributed by atoms with Gasteiger partial charge in [-0.1, -0.05) is 6.92 Å². The monoisotopic (exact) mass is 268 g/mol. The molecule has 1 aromatic heterocycles. The Morgan fingerprint density at radius 1 is 1.26 bits per heavy atom. The van der Waals surface area contributed by atoms with E-state index in [1.54, 1.807) is 0 Å². The van der Waals surface area contributed by atoms with Crippen LogP contribution >= 0.6 is 0 Å². The van der Waals surface area contributed by atoms with Gasteiger partial charge in [0.1, 0.15) is 11.3 Å². The molecule has 0 spiro atoms. The largest absolute Gasteiger partial charge is 0.478 e. The van der Waals surface area contributed by atoms with E-state index in [0.29, 0.717) is 6.54 Å². The van der Waals surface area contributed by atoms with Crippen LogP contribution in [0.4, 0.5) is 0 Å². The number of carbonyl (C=O) groups is 3. The minimum absolute atomic E-state index is 0.0504. The number of hydrogen-bond donors (Lipinski definition) is 3. The highest BCUT2D eigenvalue weighted by Crippen LogP contribution is 2.10. The van der Waals surface area contributed by atoms with Crippen molar-refractivity contribution >= 4 is 17.8 Å². The summed E-state index contributed by atoms with van der Waals surface area (Å²) in [6, 6.07) is 1.28. The van der Waals surface area contributed by atoms with Gasteiger partial charge in [-0.3, -0.25) is 9.59 Å². The van der Waals surface area contributed by atoms with Crippen molar-refractivity contribution < 1.29 is 23.9 Å². The molecule has 1 heterocycles. The summed E-state index contributed by atoms with van der Waals surface area (Å²) < 4.78 is 4.93. The smallest absolute Gasteiger partial charge is 0.339 e. The maximum Gasteiger partial charge on any atom is 0.339 e. The van der Waals surface area contributed by atoms with E-state index in [-0.39, 0.29) is 30.2 Å². The number of nitrogens with one attached hydrogen (secondary N) is 2. The summed E-state index contributed by atoms with van der Waals surface area (Å²) in [6.07, 6.45) is 1.81. The summed E-state index contributed by atoms with van der Waals surface area (Å²) in [7, 11) is 0. The zero-order chi connectivity index (χ0) is 14.3. The molecule has 7 nitrogen and oxygen atoms in total. The van der Waals surface area contributed by atoms with Crippen LogP contribution in [-0.2, 0) is 16.0 Å². The van der Waals surface area contributed by atoms with Gasteiger partial charge in [0.15, 0.2) is 0 Å². The average Bonchev–Trinajstić information content (AvgIpc) is 2.82. The minimum atomic E-state index is -1.16. The van der Waals surface area contributed by atoms with E-state index in [9.17, 15) is 14.4 Å². The Balaban J connectivity index is 2.41. The Hall–Kier alpha value is -2.31. The normalized spacial score (nSPS) is 9.95. The first-order chi connectivity index (χ1) is 9.04. The van der Waals surface area contributed by atoms with Crippen molar-refractivity contribution in [2.75, 3.05) is 13.1 Å². The lowest BCUT2D eigenvalue weighted by molar-refractivity contribution is -0.125. The maximum absolute atomic E-state index is 11.5. The zero-order valence-electron chi connectivity index (χ0n) is 10.6. The number of rotatable bonds is 7. The van der Waals surface area contributed by atoms with Crippen molar-refractivity contribution in [1.29, 1.82) is 0 Å². The molecule has 0 aromatic carbocycles. The van der Waals surface area contributed by atoms with Gasteiger partial charge in [-0.05, 0) is 12.5 Å². The summed E-state index contributed by atoms with van der Waals surface area (Å²) in [5.41, 5.74) is -0.0504. The van der Waals surface area contributed by atoms with Crippen LogP contribution in [0.25, 0.3) is 0 Å². The maximum atomic E-state index is 11.5. The fraction of sp³-hybridized carbons (Fsp3) is 0.417. The van der Waals surface area contributed by atoms with Crippen LogP contribution in [0.5, 0.6) is 0 Å². The summed E-state index contributed by atoms with van der Waals surface area (Å²) in [5, 5.41) is 13.8. The van der Waals surface area contributed by atoms with Crippen LogP contribution in [-0.4, -0.2) is 36.0 Å². The number of carbonyl (C=O) groups excluding carboxylic acids is 2. The molecule has 0 aliphatic rings. The van der Waals surface area contributed by atoms with E-state index in [2.05, 4.69) is 10.6 Å². The Kier molecular flexibility index (Phi) is 5.59. The highest BCUT2D eigenvalue weighted by molar-refractivity contribution is 5.91. The van der Waals surface area contributed by atoms with Crippen LogP contribution in [0.1, 0.15) is 29.5 Å². The predicted molar refractivity (Wildman–Crippen MR) is 65.7 cm³/mol. The Labute approximate surface area is 110 Å². The third kappa shape index (κ3) is 4.82. The second-order valence-electron chi connectivity index (χ2n) is 3.87. The van der Waals surface area contributed by atoms with Crippen molar-refractivity contribution in [3.63, 3.8) is 0 Å². The van der Waals surface area contributed by atoms with Crippen molar-refractivity contribution in [2.45, 2.75) is 19.8 Å². The molecule has 0 bridgehead atoms. The SMILES string of the molecule is CCCNC(=O)CNC(=O)Cc1occc1C(=O)O. The number of carboxylic acid groups (broad SMARTS) is 1. The first kappa shape index (κ1) is 14.7. The molecule has 1 aromatic rings. The number of carboxylic acids is 1. The van der Waals surface area contributed by atoms with Gasteiger partial charge in [-0.2, -0.15) is 0 Å². The van der Waals surface area contributed by atoms with E-state index in [4.69, 9.17) is 9.52 Å². The number of hydrogen-bond acceptors (Lipinski definition) is 4. The van der Waals surface area contributed by atoms with E-state index in [0.717, 1.165) is 6.42 Å². The summed E-state index contributed by atoms with van der Waals surface area (Å²) in [5.74, 6) is -1.84. The van der Waals surface area contributed by atoms with Gasteiger partial charge < -0.3 is 20.2 Å². The Morgan fingerprint density at radius 2 is 2.00 bits per heavy atom. The van der Waals surface area contributed by atoms with E-state index < -0.39 is 11.9 Å². The molecular formula is C12H16N2O5. The van der Waals surface area contributed by atoms with Crippen molar-refractivity contribution in [3.8, 4) is 0 Å². The highest BCUT2D eigenvalue weighted by atomic mass is 16.4. The molecule has 0 unspecified atom stereocenters. The molecular weight excluding hydrogens is 252 g/mol. The molecule has 0 saturated carbocycles. The Bertz CT molecular complexity index is 466. The fourth-order valence-electron chi connectivity index (χ4n) is 1.38. The van der Waals surface area contributed by atoms with Crippen LogP contribution < -0.4 is 10.6 Å². The molecule has 1 rings (SSSR count). The first-order valence-corrected chi connectivity index (χ1v) is 5.87. The number of amides is 2. The molecule has 0 saturated heterocycles. The molecule has 0 radical (unpaired) electrons. The zero-order valence-corrected chi connectivity index (χ0v) is 10.6. The second-order valence-corrected chi connectivity index (χ2v) is 3.87. The van der Waals surface area contributed by atoms with Crippen molar-refractivity contribution in [1.82, 2.24) is 10.6 Å². The number of furan rings is 1. The molecule has 104 valence electrons. The van der Waals surface area contributed by atoms with Gasteiger partial charge >= 0.3 is 5.97 Å². The predicted octanol–water partition coefficient (Wildman–Crippen LogP) is 0.163. The molecule has 3 N–H and O–H groups in total. The van der Waals surface area contributed by atoms with Gasteiger partial charge in [-0.15, -0.1) is 0 Å². The van der Waals surface area contributed by atoms with E-state index >= 15 is 0 Å². The van der Waals surface area contributed by atoms with Crippen molar-refractivity contribution in [3.05, 3.63) is 23.7 Å². The lowest BCUT2D eigenvalue weighted by atomic mass is 10.2. The van der Waals surface area contributed by atoms with E-state index in [1.807, 2.05) is 6.92 Å². The topological polar surface area (TPSA) is 109 Å². The molecule has 0 atom stereocenters. The third-order valence-corrected chi connectivity index (χ3v) is 2.32. The fourth-order valence-corrected chi connectivity index (χ4v) is 1.38. The third-order valence-electron chi connectivity index (χ3n) is 2.32. The molecule has 0 aliphatic heterocycles. The van der Waals surface area contributed by atoms with Gasteiger partial charge in [-0.25, -0.2) is 4.79 Å². The summed E-state index contributed by atoms with van der Waals surface area (Å²) in [6.45, 7) is 2.33. The quantitative estimate of drug-likeness (QED) is 0.653. The standard InChI is InChI=1S/C12H16N2O5/c1-2-4-13-11(16)7-14-10(15)6-9-8(12(17)18)3-5-19-9/h3,5H,2,4,6-7H2,1H3,(H,13,16)(H,14,15)(H,17,18). The van der Waals surface area contributed by atoms with Crippen LogP contribution in [0.2, 0.25) is 0 Å². The molecule has 0 fully saturated rings. The van der Waals surface area contributed by atoms with Gasteiger partial charge in [0, 0.05) is 6.54 Å². The van der Waals surface area contributed by atoms with Gasteiger partial charge in [0.05, 0.1) is 19.2 Å². The van der Waals surface area contributed by atoms with Crippen LogP contribution in [0, 0.1) is 0 Å². The van der Waals surface area contributed by atoms with Crippen LogP contribution in [0.3, 0.4) is 0 Å². The summed E-state index contributed by atoms with van der Waals surface area (Å²) in [4.78, 5) is 33.6. The van der Waals surface area contributed by atoms with Gasteiger partial charge in [0.25, 0.3) is 0 Å². The second kappa shape index (κ2) is 7.20. The summed E-state index contributed by atoms with van der Waals surface area (Å²) >= 11 is 0. The molecule has 19 heavy (non-hydrogen) atoms. The van der Waals surface area contributed by atoms with E-state index in [1.165, 1.54) is 12.3 Å². The molecule has 0 aliphatic carbocycles. The van der Waals surface area contributed by atoms with Crippen molar-refractivity contribution in [2.24, 2.45) is 0 Å². The highest BCUT2D eigenvalue weighted by Gasteiger charge is 2.16. The lowest BCUT2D eigenvalue weighted by Gasteiger charge is -2.05. The minimum Gasteiger partial charge on any atom is -0.478 e. The Morgan fingerprint density at radius 3 is 2.63 bits per heavy atom. The molecule has 7 heteroatoms.